The fourth-order valence-corrected chi connectivity index (χ4v) is 2.79. The summed E-state index contributed by atoms with van der Waals surface area (Å²) in [7, 11) is 0. The molecule has 2 unspecified atom stereocenters. The maximum Gasteiger partial charge on any atom is 0.407 e. The van der Waals surface area contributed by atoms with E-state index in [1.54, 1.807) is 12.1 Å². The average molecular weight is 388 g/mol. The Kier molecular flexibility index (Phi) is 7.01. The van der Waals surface area contributed by atoms with Crippen molar-refractivity contribution < 1.29 is 24.1 Å². The molecule has 25 heavy (non-hydrogen) atoms. The number of aliphatic hydroxyl groups excluding tert-OH is 2. The van der Waals surface area contributed by atoms with Crippen molar-refractivity contribution in [1.82, 2.24) is 5.32 Å². The van der Waals surface area contributed by atoms with Crippen molar-refractivity contribution in [3.05, 3.63) is 69.5 Å². The van der Waals surface area contributed by atoms with Crippen LogP contribution in [0.4, 0.5) is 9.18 Å². The van der Waals surface area contributed by atoms with Crippen LogP contribution >= 0.6 is 23.2 Å². The van der Waals surface area contributed by atoms with Gasteiger partial charge in [-0.3, -0.25) is 0 Å². The molecule has 134 valence electrons. The van der Waals surface area contributed by atoms with Gasteiger partial charge in [0, 0.05) is 12.1 Å². The van der Waals surface area contributed by atoms with Crippen molar-refractivity contribution in [2.75, 3.05) is 6.54 Å². The number of rotatable bonds is 6. The van der Waals surface area contributed by atoms with Gasteiger partial charge in [-0.2, -0.15) is 0 Å². The van der Waals surface area contributed by atoms with E-state index in [0.717, 1.165) is 17.7 Å². The second-order valence-corrected chi connectivity index (χ2v) is 6.05. The smallest absolute Gasteiger partial charge is 0.407 e. The summed E-state index contributed by atoms with van der Waals surface area (Å²) in [6.45, 7) is -0.236. The molecule has 0 radical (unpaired) electrons. The number of amides is 1. The third-order valence-corrected chi connectivity index (χ3v) is 4.00. The van der Waals surface area contributed by atoms with E-state index in [0.29, 0.717) is 0 Å². The van der Waals surface area contributed by atoms with Crippen molar-refractivity contribution in [1.29, 1.82) is 0 Å². The van der Waals surface area contributed by atoms with Gasteiger partial charge in [0.2, 0.25) is 0 Å². The summed E-state index contributed by atoms with van der Waals surface area (Å²) >= 11 is 11.7. The lowest BCUT2D eigenvalue weighted by Gasteiger charge is -2.20. The number of hydrogen-bond acceptors (Lipinski definition) is 4. The molecule has 0 saturated heterocycles. The number of ether oxygens (including phenoxy) is 1. The van der Waals surface area contributed by atoms with Gasteiger partial charge >= 0.3 is 6.09 Å². The molecule has 2 aromatic carbocycles. The first kappa shape index (κ1) is 19.5. The van der Waals surface area contributed by atoms with E-state index in [9.17, 15) is 19.4 Å². The van der Waals surface area contributed by atoms with E-state index in [4.69, 9.17) is 27.9 Å². The van der Waals surface area contributed by atoms with Crippen LogP contribution < -0.4 is 5.32 Å². The minimum Gasteiger partial charge on any atom is -0.445 e. The monoisotopic (exact) mass is 387 g/mol. The SMILES string of the molecule is O=C(NCC(O)C(O)c1c(Cl)cc(F)cc1Cl)OCc1ccccc1. The molecule has 0 aromatic heterocycles. The van der Waals surface area contributed by atoms with Gasteiger partial charge < -0.3 is 20.3 Å². The molecule has 5 nitrogen and oxygen atoms in total. The first-order valence-corrected chi connectivity index (χ1v) is 8.09. The molecule has 0 aliphatic carbocycles. The molecule has 0 aliphatic heterocycles. The highest BCUT2D eigenvalue weighted by Crippen LogP contribution is 2.33. The number of aliphatic hydroxyl groups is 2. The third-order valence-electron chi connectivity index (χ3n) is 3.37. The largest absolute Gasteiger partial charge is 0.445 e. The fourth-order valence-electron chi connectivity index (χ4n) is 2.10. The summed E-state index contributed by atoms with van der Waals surface area (Å²) in [5, 5.41) is 22.2. The number of carbonyl (C=O) groups is 1. The van der Waals surface area contributed by atoms with Crippen molar-refractivity contribution in [2.24, 2.45) is 0 Å². The Morgan fingerprint density at radius 1 is 1.16 bits per heavy atom. The number of benzene rings is 2. The van der Waals surface area contributed by atoms with Crippen LogP contribution in [-0.4, -0.2) is 29.0 Å². The molecular weight excluding hydrogens is 372 g/mol. The van der Waals surface area contributed by atoms with Gasteiger partial charge in [0.05, 0.1) is 10.0 Å². The second kappa shape index (κ2) is 9.01. The Hall–Kier alpha value is -1.86. The molecule has 1 amide bonds. The number of carbonyl (C=O) groups excluding carboxylic acids is 1. The van der Waals surface area contributed by atoms with Crippen LogP contribution in [0.5, 0.6) is 0 Å². The van der Waals surface area contributed by atoms with E-state index in [1.807, 2.05) is 18.2 Å². The minimum absolute atomic E-state index is 0.0170. The van der Waals surface area contributed by atoms with E-state index >= 15 is 0 Å². The van der Waals surface area contributed by atoms with Crippen LogP contribution in [0, 0.1) is 5.82 Å². The molecule has 8 heteroatoms. The van der Waals surface area contributed by atoms with E-state index in [-0.39, 0.29) is 28.8 Å². The minimum atomic E-state index is -1.50. The maximum atomic E-state index is 13.2. The zero-order chi connectivity index (χ0) is 18.4. The summed E-state index contributed by atoms with van der Waals surface area (Å²) < 4.78 is 18.1. The number of alkyl carbamates (subject to hydrolysis) is 1. The molecule has 0 heterocycles. The van der Waals surface area contributed by atoms with Gasteiger partial charge in [-0.05, 0) is 17.7 Å². The van der Waals surface area contributed by atoms with Crippen LogP contribution in [-0.2, 0) is 11.3 Å². The Bertz CT molecular complexity index is 707. The quantitative estimate of drug-likeness (QED) is 0.708. The summed E-state index contributed by atoms with van der Waals surface area (Å²) in [5.74, 6) is -0.664. The molecule has 3 N–H and O–H groups in total. The molecule has 2 atom stereocenters. The number of nitrogens with one attached hydrogen (secondary N) is 1. The van der Waals surface area contributed by atoms with Gasteiger partial charge in [-0.15, -0.1) is 0 Å². The first-order chi connectivity index (χ1) is 11.9. The van der Waals surface area contributed by atoms with Gasteiger partial charge in [0.1, 0.15) is 24.6 Å². The van der Waals surface area contributed by atoms with Crippen LogP contribution in [0.15, 0.2) is 42.5 Å². The van der Waals surface area contributed by atoms with Crippen molar-refractivity contribution in [3.63, 3.8) is 0 Å². The number of halogens is 3. The van der Waals surface area contributed by atoms with Crippen LogP contribution in [0.25, 0.3) is 0 Å². The summed E-state index contributed by atoms with van der Waals surface area (Å²) in [6, 6.07) is 11.0. The van der Waals surface area contributed by atoms with Gasteiger partial charge in [0.25, 0.3) is 0 Å². The lowest BCUT2D eigenvalue weighted by atomic mass is 10.0. The van der Waals surface area contributed by atoms with Gasteiger partial charge in [-0.25, -0.2) is 9.18 Å². The van der Waals surface area contributed by atoms with Crippen LogP contribution in [0.2, 0.25) is 10.0 Å². The Morgan fingerprint density at radius 3 is 2.36 bits per heavy atom. The molecule has 2 aromatic rings. The molecule has 0 saturated carbocycles. The molecule has 0 spiro atoms. The van der Waals surface area contributed by atoms with Crippen LogP contribution in [0.1, 0.15) is 17.2 Å². The topological polar surface area (TPSA) is 78.8 Å². The lowest BCUT2D eigenvalue weighted by molar-refractivity contribution is 0.0185. The van der Waals surface area contributed by atoms with E-state index in [2.05, 4.69) is 5.32 Å². The van der Waals surface area contributed by atoms with Gasteiger partial charge in [0.15, 0.2) is 0 Å². The molecule has 2 rings (SSSR count). The summed E-state index contributed by atoms with van der Waals surface area (Å²) in [5.41, 5.74) is 0.791. The number of hydrogen-bond donors (Lipinski definition) is 3. The second-order valence-electron chi connectivity index (χ2n) is 5.24. The highest BCUT2D eigenvalue weighted by Gasteiger charge is 2.24. The summed E-state index contributed by atoms with van der Waals surface area (Å²) in [4.78, 5) is 11.6. The van der Waals surface area contributed by atoms with E-state index < -0.39 is 24.1 Å². The molecule has 0 fully saturated rings. The highest BCUT2D eigenvalue weighted by molar-refractivity contribution is 6.36. The Labute approximate surface area is 153 Å². The third kappa shape index (κ3) is 5.57. The normalized spacial score (nSPS) is 13.2. The predicted molar refractivity (Wildman–Crippen MR) is 92.0 cm³/mol. The van der Waals surface area contributed by atoms with Crippen molar-refractivity contribution in [3.8, 4) is 0 Å². The highest BCUT2D eigenvalue weighted by atomic mass is 35.5. The first-order valence-electron chi connectivity index (χ1n) is 7.33. The van der Waals surface area contributed by atoms with Crippen molar-refractivity contribution >= 4 is 29.3 Å². The lowest BCUT2D eigenvalue weighted by Crippen LogP contribution is -2.36. The molecule has 0 aliphatic rings. The van der Waals surface area contributed by atoms with Crippen LogP contribution in [0.3, 0.4) is 0 Å². The van der Waals surface area contributed by atoms with E-state index in [1.165, 1.54) is 0 Å². The average Bonchev–Trinajstić information content (AvgIpc) is 2.57. The fraction of sp³-hybridized carbons (Fsp3) is 0.235. The van der Waals surface area contributed by atoms with Crippen molar-refractivity contribution in [2.45, 2.75) is 18.8 Å². The molecular formula is C17H16Cl2FNO4. The van der Waals surface area contributed by atoms with Gasteiger partial charge in [-0.1, -0.05) is 53.5 Å². The molecule has 0 bridgehead atoms. The Balaban J connectivity index is 1.87. The predicted octanol–water partition coefficient (Wildman–Crippen LogP) is 3.45. The standard InChI is InChI=1S/C17H16Cl2FNO4/c18-12-6-11(20)7-13(19)15(12)16(23)14(22)8-21-17(24)25-9-10-4-2-1-3-5-10/h1-7,14,16,22-23H,8-9H2,(H,21,24). The zero-order valence-electron chi connectivity index (χ0n) is 13.0. The zero-order valence-corrected chi connectivity index (χ0v) is 14.5. The maximum absolute atomic E-state index is 13.2. The Morgan fingerprint density at radius 2 is 1.76 bits per heavy atom. The summed E-state index contributed by atoms with van der Waals surface area (Å²) in [6.07, 6.45) is -3.67.